The molecule has 0 unspecified atom stereocenters. The van der Waals surface area contributed by atoms with E-state index in [1.807, 2.05) is 30.0 Å². The number of carboxylic acids is 1. The Morgan fingerprint density at radius 1 is 1.03 bits per heavy atom. The van der Waals surface area contributed by atoms with Crippen LogP contribution in [0, 0.1) is 12.7 Å². The predicted octanol–water partition coefficient (Wildman–Crippen LogP) is 4.46. The van der Waals surface area contributed by atoms with Gasteiger partial charge in [0.2, 0.25) is 0 Å². The quantitative estimate of drug-likeness (QED) is 0.575. The first kappa shape index (κ1) is 22.5. The van der Waals surface area contributed by atoms with Crippen molar-refractivity contribution < 1.29 is 19.1 Å². The summed E-state index contributed by atoms with van der Waals surface area (Å²) in [5.74, 6) is -1.71. The highest BCUT2D eigenvalue weighted by molar-refractivity contribution is 6.30. The van der Waals surface area contributed by atoms with E-state index < -0.39 is 17.7 Å². The molecule has 170 valence electrons. The smallest absolute Gasteiger partial charge is 0.339 e. The fraction of sp³-hybridized carbons (Fsp3) is 0.208. The number of hydrogen-bond acceptors (Lipinski definition) is 5. The van der Waals surface area contributed by atoms with E-state index in [0.717, 1.165) is 11.3 Å². The monoisotopic (exact) mass is 468 g/mol. The molecule has 2 N–H and O–H groups in total. The van der Waals surface area contributed by atoms with Gasteiger partial charge in [0.25, 0.3) is 5.91 Å². The molecule has 3 aromatic rings. The third-order valence-electron chi connectivity index (χ3n) is 5.55. The number of hydrogen-bond donors (Lipinski definition) is 2. The number of amides is 1. The van der Waals surface area contributed by atoms with Crippen LogP contribution in [-0.4, -0.2) is 48.1 Å². The minimum Gasteiger partial charge on any atom is -0.478 e. The molecule has 0 atom stereocenters. The Hall–Kier alpha value is -3.65. The highest BCUT2D eigenvalue weighted by Gasteiger charge is 2.24. The molecule has 4 rings (SSSR count). The second-order valence-corrected chi connectivity index (χ2v) is 8.20. The molecule has 0 aliphatic carbocycles. The zero-order valence-electron chi connectivity index (χ0n) is 17.9. The number of aryl methyl sites for hydroxylation is 1. The molecule has 2 aromatic carbocycles. The second-order valence-electron chi connectivity index (χ2n) is 7.77. The molecule has 1 aliphatic heterocycles. The van der Waals surface area contributed by atoms with Crippen molar-refractivity contribution in [3.05, 3.63) is 82.3 Å². The first-order valence-electron chi connectivity index (χ1n) is 10.4. The molecule has 1 aliphatic rings. The number of carbonyl (C=O) groups excluding carboxylic acids is 1. The van der Waals surface area contributed by atoms with Gasteiger partial charge in [0.15, 0.2) is 0 Å². The van der Waals surface area contributed by atoms with Crippen LogP contribution >= 0.6 is 11.6 Å². The summed E-state index contributed by atoms with van der Waals surface area (Å²) in [7, 11) is 0. The fourth-order valence-electron chi connectivity index (χ4n) is 3.82. The van der Waals surface area contributed by atoms with E-state index in [2.05, 4.69) is 15.2 Å². The van der Waals surface area contributed by atoms with Gasteiger partial charge < -0.3 is 20.2 Å². The molecule has 1 fully saturated rings. The Bertz CT molecular complexity index is 1190. The maximum Gasteiger partial charge on any atom is 0.339 e. The number of halogens is 2. The van der Waals surface area contributed by atoms with Gasteiger partial charge >= 0.3 is 5.97 Å². The van der Waals surface area contributed by atoms with E-state index in [0.29, 0.717) is 37.0 Å². The SMILES string of the molecule is Cc1ccc(Cl)cc1N1CCN(c2ncc(NC(=O)c3ccc(F)cc3)cc2C(=O)O)CC1. The molecular formula is C24H22ClFN4O3. The molecule has 0 radical (unpaired) electrons. The zero-order chi connectivity index (χ0) is 23.5. The van der Waals surface area contributed by atoms with Crippen molar-refractivity contribution in [2.24, 2.45) is 0 Å². The van der Waals surface area contributed by atoms with Crippen LogP contribution in [0.25, 0.3) is 0 Å². The Morgan fingerprint density at radius 2 is 1.70 bits per heavy atom. The third kappa shape index (κ3) is 5.06. The lowest BCUT2D eigenvalue weighted by Gasteiger charge is -2.37. The normalized spacial score (nSPS) is 13.7. The van der Waals surface area contributed by atoms with Crippen LogP contribution in [0.15, 0.2) is 54.7 Å². The topological polar surface area (TPSA) is 85.8 Å². The molecule has 1 amide bonds. The lowest BCUT2D eigenvalue weighted by atomic mass is 10.1. The lowest BCUT2D eigenvalue weighted by molar-refractivity contribution is 0.0696. The number of nitrogens with zero attached hydrogens (tertiary/aromatic N) is 3. The van der Waals surface area contributed by atoms with E-state index in [1.165, 1.54) is 36.5 Å². The van der Waals surface area contributed by atoms with Gasteiger partial charge in [-0.2, -0.15) is 0 Å². The van der Waals surface area contributed by atoms with Crippen molar-refractivity contribution >= 4 is 40.7 Å². The summed E-state index contributed by atoms with van der Waals surface area (Å²) in [5.41, 5.74) is 2.69. The standard InChI is InChI=1S/C24H22ClFN4O3/c1-15-2-5-17(25)12-21(15)29-8-10-30(11-9-29)22-20(24(32)33)13-19(14-27-22)28-23(31)16-3-6-18(26)7-4-16/h2-7,12-14H,8-11H2,1H3,(H,28,31)(H,32,33). The van der Waals surface area contributed by atoms with Crippen LogP contribution in [0.3, 0.4) is 0 Å². The Balaban J connectivity index is 1.49. The number of anilines is 3. The Morgan fingerprint density at radius 3 is 2.36 bits per heavy atom. The average Bonchev–Trinajstić information content (AvgIpc) is 2.81. The molecule has 33 heavy (non-hydrogen) atoms. The van der Waals surface area contributed by atoms with Crippen molar-refractivity contribution in [1.82, 2.24) is 4.98 Å². The molecular weight excluding hydrogens is 447 g/mol. The summed E-state index contributed by atoms with van der Waals surface area (Å²) in [6.45, 7) is 4.57. The van der Waals surface area contributed by atoms with E-state index in [1.54, 1.807) is 0 Å². The van der Waals surface area contributed by atoms with Crippen molar-refractivity contribution in [3.8, 4) is 0 Å². The number of piperazine rings is 1. The van der Waals surface area contributed by atoms with Gasteiger partial charge in [-0.05, 0) is 55.0 Å². The number of rotatable bonds is 5. The number of aromatic carboxylic acids is 1. The summed E-state index contributed by atoms with van der Waals surface area (Å²) >= 11 is 6.15. The van der Waals surface area contributed by atoms with Gasteiger partial charge in [-0.25, -0.2) is 14.2 Å². The first-order valence-corrected chi connectivity index (χ1v) is 10.8. The maximum atomic E-state index is 13.1. The van der Waals surface area contributed by atoms with Gasteiger partial charge in [-0.3, -0.25) is 4.79 Å². The molecule has 7 nitrogen and oxygen atoms in total. The van der Waals surface area contributed by atoms with Crippen molar-refractivity contribution in [1.29, 1.82) is 0 Å². The van der Waals surface area contributed by atoms with Crippen LogP contribution in [-0.2, 0) is 0 Å². The highest BCUT2D eigenvalue weighted by Crippen LogP contribution is 2.28. The number of nitrogens with one attached hydrogen (secondary N) is 1. The van der Waals surface area contributed by atoms with Gasteiger partial charge in [-0.1, -0.05) is 17.7 Å². The summed E-state index contributed by atoms with van der Waals surface area (Å²) in [6.07, 6.45) is 1.43. The summed E-state index contributed by atoms with van der Waals surface area (Å²) < 4.78 is 13.1. The van der Waals surface area contributed by atoms with E-state index in [9.17, 15) is 19.1 Å². The largest absolute Gasteiger partial charge is 0.478 e. The number of aromatic nitrogens is 1. The van der Waals surface area contributed by atoms with Crippen LogP contribution in [0.2, 0.25) is 5.02 Å². The van der Waals surface area contributed by atoms with E-state index >= 15 is 0 Å². The van der Waals surface area contributed by atoms with Crippen LogP contribution in [0.5, 0.6) is 0 Å². The van der Waals surface area contributed by atoms with Crippen LogP contribution in [0.4, 0.5) is 21.6 Å². The van der Waals surface area contributed by atoms with E-state index in [-0.39, 0.29) is 16.8 Å². The second kappa shape index (κ2) is 9.46. The summed E-state index contributed by atoms with van der Waals surface area (Å²) in [6, 6.07) is 12.2. The zero-order valence-corrected chi connectivity index (χ0v) is 18.6. The maximum absolute atomic E-state index is 13.1. The molecule has 0 saturated carbocycles. The van der Waals surface area contributed by atoms with Crippen molar-refractivity contribution in [2.45, 2.75) is 6.92 Å². The van der Waals surface area contributed by atoms with Gasteiger partial charge in [-0.15, -0.1) is 0 Å². The highest BCUT2D eigenvalue weighted by atomic mass is 35.5. The Kier molecular flexibility index (Phi) is 6.46. The summed E-state index contributed by atoms with van der Waals surface area (Å²) in [5, 5.41) is 13.0. The van der Waals surface area contributed by atoms with Crippen LogP contribution < -0.4 is 15.1 Å². The Labute approximate surface area is 195 Å². The van der Waals surface area contributed by atoms with Gasteiger partial charge in [0.1, 0.15) is 17.2 Å². The molecule has 0 spiro atoms. The number of pyridine rings is 1. The van der Waals surface area contributed by atoms with Crippen molar-refractivity contribution in [3.63, 3.8) is 0 Å². The van der Waals surface area contributed by atoms with Gasteiger partial charge in [0, 0.05) is 42.5 Å². The number of carboxylic acid groups (broad SMARTS) is 1. The molecule has 1 aromatic heterocycles. The number of carbonyl (C=O) groups is 2. The number of benzene rings is 2. The van der Waals surface area contributed by atoms with Crippen LogP contribution in [0.1, 0.15) is 26.3 Å². The first-order chi connectivity index (χ1) is 15.8. The minimum atomic E-state index is -1.14. The van der Waals surface area contributed by atoms with Crippen molar-refractivity contribution in [2.75, 3.05) is 41.3 Å². The predicted molar refractivity (Wildman–Crippen MR) is 126 cm³/mol. The summed E-state index contributed by atoms with van der Waals surface area (Å²) in [4.78, 5) is 32.8. The lowest BCUT2D eigenvalue weighted by Crippen LogP contribution is -2.47. The fourth-order valence-corrected chi connectivity index (χ4v) is 3.99. The van der Waals surface area contributed by atoms with Gasteiger partial charge in [0.05, 0.1) is 11.9 Å². The minimum absolute atomic E-state index is 0.000655. The molecule has 0 bridgehead atoms. The molecule has 2 heterocycles. The third-order valence-corrected chi connectivity index (χ3v) is 5.79. The van der Waals surface area contributed by atoms with E-state index in [4.69, 9.17) is 11.6 Å². The molecule has 1 saturated heterocycles. The molecule has 9 heteroatoms. The average molecular weight is 469 g/mol.